The van der Waals surface area contributed by atoms with Crippen LogP contribution in [0.15, 0.2) is 36.7 Å². The topological polar surface area (TPSA) is 60.2 Å². The van der Waals surface area contributed by atoms with E-state index in [-0.39, 0.29) is 12.5 Å². The number of ether oxygens (including phenoxy) is 1. The van der Waals surface area contributed by atoms with Gasteiger partial charge in [0, 0.05) is 12.3 Å². The summed E-state index contributed by atoms with van der Waals surface area (Å²) in [5.41, 5.74) is 3.77. The Kier molecular flexibility index (Phi) is 5.19. The number of hydrogen-bond acceptors (Lipinski definition) is 4. The first-order valence-corrected chi connectivity index (χ1v) is 6.61. The molecule has 112 valence electrons. The monoisotopic (exact) mass is 293 g/mol. The van der Waals surface area contributed by atoms with Crippen LogP contribution in [0, 0.1) is 11.6 Å². The van der Waals surface area contributed by atoms with Gasteiger partial charge in [-0.25, -0.2) is 8.78 Å². The number of rotatable bonds is 6. The maximum Gasteiger partial charge on any atom is 0.137 e. The third-order valence-electron chi connectivity index (χ3n) is 3.09. The lowest BCUT2D eigenvalue weighted by atomic mass is 10.00. The number of hydrogen-bond donors (Lipinski definition) is 2. The van der Waals surface area contributed by atoms with Gasteiger partial charge in [0.15, 0.2) is 0 Å². The van der Waals surface area contributed by atoms with Gasteiger partial charge < -0.3 is 4.74 Å². The zero-order valence-electron chi connectivity index (χ0n) is 11.6. The number of hydrazine groups is 1. The van der Waals surface area contributed by atoms with Crippen molar-refractivity contribution in [3.8, 4) is 5.75 Å². The van der Waals surface area contributed by atoms with Gasteiger partial charge in [0.05, 0.1) is 18.8 Å². The van der Waals surface area contributed by atoms with Crippen LogP contribution in [0.3, 0.4) is 0 Å². The molecule has 0 radical (unpaired) electrons. The first kappa shape index (κ1) is 15.3. The highest BCUT2D eigenvalue weighted by Gasteiger charge is 2.15. The second kappa shape index (κ2) is 7.10. The Hall–Kier alpha value is -2.05. The van der Waals surface area contributed by atoms with Crippen LogP contribution >= 0.6 is 0 Å². The summed E-state index contributed by atoms with van der Waals surface area (Å²) in [7, 11) is 0. The lowest BCUT2D eigenvalue weighted by molar-refractivity contribution is 0.337. The molecule has 2 rings (SSSR count). The number of aromatic nitrogens is 1. The summed E-state index contributed by atoms with van der Waals surface area (Å²) >= 11 is 0. The van der Waals surface area contributed by atoms with Crippen LogP contribution in [-0.2, 0) is 6.42 Å². The van der Waals surface area contributed by atoms with E-state index in [2.05, 4.69) is 10.4 Å². The highest BCUT2D eigenvalue weighted by atomic mass is 19.1. The zero-order valence-corrected chi connectivity index (χ0v) is 11.6. The summed E-state index contributed by atoms with van der Waals surface area (Å²) in [5, 5.41) is 0. The fraction of sp³-hybridized carbons (Fsp3) is 0.267. The smallest absolute Gasteiger partial charge is 0.137 e. The second-order valence-electron chi connectivity index (χ2n) is 4.55. The molecule has 0 spiro atoms. The van der Waals surface area contributed by atoms with Gasteiger partial charge in [-0.15, -0.1) is 0 Å². The summed E-state index contributed by atoms with van der Waals surface area (Å²) < 4.78 is 32.0. The molecular weight excluding hydrogens is 276 g/mol. The van der Waals surface area contributed by atoms with E-state index in [1.54, 1.807) is 18.5 Å². The third-order valence-corrected chi connectivity index (χ3v) is 3.09. The molecule has 3 N–H and O–H groups in total. The molecule has 0 aliphatic carbocycles. The SMILES string of the molecule is CCOc1cncc(C(Cc2ccc(F)cc2F)NN)c1. The molecule has 0 aliphatic rings. The number of pyridine rings is 1. The lowest BCUT2D eigenvalue weighted by Crippen LogP contribution is -2.30. The Morgan fingerprint density at radius 2 is 2.10 bits per heavy atom. The quantitative estimate of drug-likeness (QED) is 0.634. The molecule has 2 aromatic rings. The standard InChI is InChI=1S/C15H17F2N3O/c1-2-21-13-5-11(8-19-9-13)15(20-18)6-10-3-4-12(16)7-14(10)17/h3-5,7-9,15,20H,2,6,18H2,1H3. The second-order valence-corrected chi connectivity index (χ2v) is 4.55. The fourth-order valence-corrected chi connectivity index (χ4v) is 2.05. The molecule has 4 nitrogen and oxygen atoms in total. The van der Waals surface area contributed by atoms with Crippen LogP contribution in [0.2, 0.25) is 0 Å². The molecule has 0 aliphatic heterocycles. The molecule has 1 aromatic carbocycles. The summed E-state index contributed by atoms with van der Waals surface area (Å²) in [5.74, 6) is 4.97. The van der Waals surface area contributed by atoms with Crippen molar-refractivity contribution in [3.05, 3.63) is 59.4 Å². The summed E-state index contributed by atoms with van der Waals surface area (Å²) in [6.45, 7) is 2.40. The number of nitrogens with two attached hydrogens (primary N) is 1. The molecule has 1 aromatic heterocycles. The Labute approximate surface area is 121 Å². The lowest BCUT2D eigenvalue weighted by Gasteiger charge is -2.17. The van der Waals surface area contributed by atoms with Gasteiger partial charge >= 0.3 is 0 Å². The van der Waals surface area contributed by atoms with Crippen LogP contribution in [0.5, 0.6) is 5.75 Å². The molecule has 6 heteroatoms. The minimum atomic E-state index is -0.603. The van der Waals surface area contributed by atoms with E-state index < -0.39 is 11.6 Å². The molecule has 1 atom stereocenters. The number of benzene rings is 1. The van der Waals surface area contributed by atoms with E-state index in [4.69, 9.17) is 10.6 Å². The van der Waals surface area contributed by atoms with Crippen LogP contribution in [0.1, 0.15) is 24.1 Å². The van der Waals surface area contributed by atoms with Crippen molar-refractivity contribution >= 4 is 0 Å². The van der Waals surface area contributed by atoms with E-state index in [1.807, 2.05) is 6.92 Å². The molecule has 0 amide bonds. The van der Waals surface area contributed by atoms with E-state index in [1.165, 1.54) is 12.1 Å². The first-order valence-electron chi connectivity index (χ1n) is 6.61. The maximum absolute atomic E-state index is 13.7. The zero-order chi connectivity index (χ0) is 15.2. The van der Waals surface area contributed by atoms with Crippen molar-refractivity contribution in [1.29, 1.82) is 0 Å². The van der Waals surface area contributed by atoms with Gasteiger partial charge in [0.25, 0.3) is 0 Å². The van der Waals surface area contributed by atoms with E-state index in [0.717, 1.165) is 11.6 Å². The van der Waals surface area contributed by atoms with Crippen molar-refractivity contribution in [2.24, 2.45) is 5.84 Å². The molecule has 0 bridgehead atoms. The average Bonchev–Trinajstić information content (AvgIpc) is 2.47. The van der Waals surface area contributed by atoms with Crippen molar-refractivity contribution < 1.29 is 13.5 Å². The Bertz CT molecular complexity index is 607. The Balaban J connectivity index is 2.21. The Morgan fingerprint density at radius 1 is 1.29 bits per heavy atom. The van der Waals surface area contributed by atoms with Crippen LogP contribution < -0.4 is 16.0 Å². The summed E-state index contributed by atoms with van der Waals surface area (Å²) in [6, 6.07) is 4.94. The summed E-state index contributed by atoms with van der Waals surface area (Å²) in [4.78, 5) is 4.08. The number of nitrogens with zero attached hydrogens (tertiary/aromatic N) is 1. The molecule has 0 fully saturated rings. The average molecular weight is 293 g/mol. The predicted octanol–water partition coefficient (Wildman–Crippen LogP) is 2.51. The molecule has 0 saturated carbocycles. The number of halogens is 2. The largest absolute Gasteiger partial charge is 0.492 e. The third kappa shape index (κ3) is 3.96. The van der Waals surface area contributed by atoms with Crippen molar-refractivity contribution in [2.45, 2.75) is 19.4 Å². The maximum atomic E-state index is 13.7. The molecule has 0 saturated heterocycles. The van der Waals surface area contributed by atoms with Gasteiger partial charge in [-0.2, -0.15) is 0 Å². The van der Waals surface area contributed by atoms with E-state index in [0.29, 0.717) is 17.9 Å². The van der Waals surface area contributed by atoms with Gasteiger partial charge in [0.1, 0.15) is 17.4 Å². The fourth-order valence-electron chi connectivity index (χ4n) is 2.05. The van der Waals surface area contributed by atoms with Gasteiger partial charge in [0.2, 0.25) is 0 Å². The van der Waals surface area contributed by atoms with Crippen molar-refractivity contribution in [1.82, 2.24) is 10.4 Å². The normalized spacial score (nSPS) is 12.2. The molecular formula is C15H17F2N3O. The predicted molar refractivity (Wildman–Crippen MR) is 75.5 cm³/mol. The van der Waals surface area contributed by atoms with Crippen molar-refractivity contribution in [2.75, 3.05) is 6.61 Å². The van der Waals surface area contributed by atoms with Crippen LogP contribution in [-0.4, -0.2) is 11.6 Å². The number of nitrogens with one attached hydrogen (secondary N) is 1. The van der Waals surface area contributed by atoms with Crippen LogP contribution in [0.25, 0.3) is 0 Å². The summed E-state index contributed by atoms with van der Waals surface area (Å²) in [6.07, 6.45) is 3.51. The molecule has 1 heterocycles. The minimum absolute atomic E-state index is 0.278. The van der Waals surface area contributed by atoms with Gasteiger partial charge in [-0.05, 0) is 36.6 Å². The van der Waals surface area contributed by atoms with Crippen molar-refractivity contribution in [3.63, 3.8) is 0 Å². The van der Waals surface area contributed by atoms with E-state index in [9.17, 15) is 8.78 Å². The first-order chi connectivity index (χ1) is 10.1. The van der Waals surface area contributed by atoms with Gasteiger partial charge in [-0.1, -0.05) is 6.07 Å². The Morgan fingerprint density at radius 3 is 2.76 bits per heavy atom. The highest BCUT2D eigenvalue weighted by Crippen LogP contribution is 2.22. The molecule has 21 heavy (non-hydrogen) atoms. The minimum Gasteiger partial charge on any atom is -0.492 e. The molecule has 1 unspecified atom stereocenters. The van der Waals surface area contributed by atoms with Crippen LogP contribution in [0.4, 0.5) is 8.78 Å². The van der Waals surface area contributed by atoms with E-state index >= 15 is 0 Å². The highest BCUT2D eigenvalue weighted by molar-refractivity contribution is 5.28. The van der Waals surface area contributed by atoms with Gasteiger partial charge in [-0.3, -0.25) is 16.3 Å².